The summed E-state index contributed by atoms with van der Waals surface area (Å²) in [5.74, 6) is 0. The Kier molecular flexibility index (Phi) is 4.44. The minimum atomic E-state index is -0.0702. The predicted molar refractivity (Wildman–Crippen MR) is 94.7 cm³/mol. The zero-order chi connectivity index (χ0) is 17.1. The minimum Gasteiger partial charge on any atom is -0.381 e. The topological polar surface area (TPSA) is 68.2 Å². The van der Waals surface area contributed by atoms with Gasteiger partial charge in [0.25, 0.3) is 0 Å². The molecule has 1 saturated heterocycles. The van der Waals surface area contributed by atoms with Crippen molar-refractivity contribution >= 4 is 6.03 Å². The molecule has 1 saturated carbocycles. The molecule has 6 nitrogen and oxygen atoms in total. The number of nitrogens with zero attached hydrogens (tertiary/aromatic N) is 2. The average Bonchev–Trinajstić information content (AvgIpc) is 3.07. The number of para-hydroxylation sites is 1. The average molecular weight is 340 g/mol. The van der Waals surface area contributed by atoms with E-state index < -0.39 is 0 Å². The van der Waals surface area contributed by atoms with E-state index in [0.717, 1.165) is 50.3 Å². The number of amides is 2. The van der Waals surface area contributed by atoms with Gasteiger partial charge in [0.15, 0.2) is 0 Å². The summed E-state index contributed by atoms with van der Waals surface area (Å²) in [5.41, 5.74) is 2.42. The van der Waals surface area contributed by atoms with Crippen molar-refractivity contribution in [2.24, 2.45) is 5.41 Å². The Morgan fingerprint density at radius 3 is 2.84 bits per heavy atom. The number of carbonyl (C=O) groups is 1. The molecule has 2 heterocycles. The van der Waals surface area contributed by atoms with Crippen LogP contribution < -0.4 is 10.6 Å². The van der Waals surface area contributed by atoms with Crippen LogP contribution in [-0.4, -0.2) is 41.6 Å². The van der Waals surface area contributed by atoms with E-state index >= 15 is 0 Å². The van der Waals surface area contributed by atoms with Crippen LogP contribution >= 0.6 is 0 Å². The van der Waals surface area contributed by atoms with Crippen LogP contribution in [0.2, 0.25) is 0 Å². The van der Waals surface area contributed by atoms with E-state index in [4.69, 9.17) is 4.74 Å². The van der Waals surface area contributed by atoms with Gasteiger partial charge in [0.05, 0.1) is 5.69 Å². The molecule has 1 atom stereocenters. The third-order valence-electron chi connectivity index (χ3n) is 5.37. The standard InChI is InChI=1S/C19H24N4O2/c24-18(22-17-14-19(17)8-12-25-13-9-19)20-10-6-16-7-11-21-23(16)15-4-2-1-3-5-15/h1-5,7,11,17H,6,8-10,12-14H2,(H2,20,22,24). The van der Waals surface area contributed by atoms with Crippen molar-refractivity contribution in [1.82, 2.24) is 20.4 Å². The van der Waals surface area contributed by atoms with Crippen molar-refractivity contribution in [3.05, 3.63) is 48.3 Å². The summed E-state index contributed by atoms with van der Waals surface area (Å²) < 4.78 is 7.33. The minimum absolute atomic E-state index is 0.0702. The highest BCUT2D eigenvalue weighted by Gasteiger charge is 2.54. The van der Waals surface area contributed by atoms with Crippen molar-refractivity contribution in [2.75, 3.05) is 19.8 Å². The first-order valence-corrected chi connectivity index (χ1v) is 8.97. The van der Waals surface area contributed by atoms with Gasteiger partial charge in [0.1, 0.15) is 0 Å². The maximum atomic E-state index is 12.1. The van der Waals surface area contributed by atoms with Gasteiger partial charge in [-0.1, -0.05) is 18.2 Å². The second-order valence-corrected chi connectivity index (χ2v) is 6.95. The lowest BCUT2D eigenvalue weighted by molar-refractivity contribution is 0.0547. The molecule has 2 amide bonds. The molecular weight excluding hydrogens is 316 g/mol. The van der Waals surface area contributed by atoms with Crippen LogP contribution in [0.1, 0.15) is 25.0 Å². The molecular formula is C19H24N4O2. The summed E-state index contributed by atoms with van der Waals surface area (Å²) in [5, 5.41) is 10.5. The molecule has 1 spiro atoms. The fourth-order valence-electron chi connectivity index (χ4n) is 3.72. The first-order valence-electron chi connectivity index (χ1n) is 8.97. The van der Waals surface area contributed by atoms with Gasteiger partial charge in [-0.25, -0.2) is 9.48 Å². The van der Waals surface area contributed by atoms with Crippen molar-refractivity contribution in [3.63, 3.8) is 0 Å². The smallest absolute Gasteiger partial charge is 0.315 e. The number of ether oxygens (including phenoxy) is 1. The molecule has 2 aromatic rings. The predicted octanol–water partition coefficient (Wildman–Crippen LogP) is 2.28. The van der Waals surface area contributed by atoms with Crippen LogP contribution in [0.5, 0.6) is 0 Å². The summed E-state index contributed by atoms with van der Waals surface area (Å²) in [6.45, 7) is 2.24. The maximum Gasteiger partial charge on any atom is 0.315 e. The second-order valence-electron chi connectivity index (χ2n) is 6.95. The Bertz CT molecular complexity index is 722. The lowest BCUT2D eigenvalue weighted by Gasteiger charge is -2.22. The number of nitrogens with one attached hydrogen (secondary N) is 2. The molecule has 1 unspecified atom stereocenters. The monoisotopic (exact) mass is 340 g/mol. The summed E-state index contributed by atoms with van der Waals surface area (Å²) >= 11 is 0. The highest BCUT2D eigenvalue weighted by atomic mass is 16.5. The van der Waals surface area contributed by atoms with Crippen LogP contribution in [-0.2, 0) is 11.2 Å². The quantitative estimate of drug-likeness (QED) is 0.877. The van der Waals surface area contributed by atoms with Gasteiger partial charge in [0.2, 0.25) is 0 Å². The van der Waals surface area contributed by atoms with Crippen molar-refractivity contribution in [2.45, 2.75) is 31.7 Å². The summed E-state index contributed by atoms with van der Waals surface area (Å²) in [6.07, 6.45) is 5.75. The molecule has 0 radical (unpaired) electrons. The molecule has 4 rings (SSSR count). The van der Waals surface area contributed by atoms with Gasteiger partial charge in [-0.15, -0.1) is 0 Å². The Balaban J connectivity index is 1.25. The Hall–Kier alpha value is -2.34. The van der Waals surface area contributed by atoms with Crippen LogP contribution in [0.3, 0.4) is 0 Å². The van der Waals surface area contributed by atoms with E-state index in [2.05, 4.69) is 15.7 Å². The van der Waals surface area contributed by atoms with Gasteiger partial charge < -0.3 is 15.4 Å². The third-order valence-corrected chi connectivity index (χ3v) is 5.37. The fraction of sp³-hybridized carbons (Fsp3) is 0.474. The number of hydrogen-bond acceptors (Lipinski definition) is 3. The summed E-state index contributed by atoms with van der Waals surface area (Å²) in [4.78, 5) is 12.1. The summed E-state index contributed by atoms with van der Waals surface area (Å²) in [6, 6.07) is 12.3. The van der Waals surface area contributed by atoms with E-state index in [0.29, 0.717) is 18.0 Å². The molecule has 1 aliphatic carbocycles. The second kappa shape index (κ2) is 6.88. The lowest BCUT2D eigenvalue weighted by Crippen LogP contribution is -2.40. The van der Waals surface area contributed by atoms with Crippen LogP contribution in [0.25, 0.3) is 5.69 Å². The number of urea groups is 1. The lowest BCUT2D eigenvalue weighted by atomic mass is 9.96. The largest absolute Gasteiger partial charge is 0.381 e. The fourth-order valence-corrected chi connectivity index (χ4v) is 3.72. The molecule has 2 aliphatic rings. The number of hydrogen-bond donors (Lipinski definition) is 2. The van der Waals surface area contributed by atoms with Crippen LogP contribution in [0.4, 0.5) is 4.79 Å². The highest BCUT2D eigenvalue weighted by molar-refractivity contribution is 5.74. The third kappa shape index (κ3) is 3.54. The van der Waals surface area contributed by atoms with E-state index in [9.17, 15) is 4.79 Å². The number of rotatable bonds is 5. The van der Waals surface area contributed by atoms with Gasteiger partial charge in [0, 0.05) is 44.1 Å². The van der Waals surface area contributed by atoms with Crippen LogP contribution in [0, 0.1) is 5.41 Å². The van der Waals surface area contributed by atoms with Crippen LogP contribution in [0.15, 0.2) is 42.6 Å². The zero-order valence-electron chi connectivity index (χ0n) is 14.3. The van der Waals surface area contributed by atoms with E-state index in [1.807, 2.05) is 41.1 Å². The molecule has 1 aliphatic heterocycles. The normalized spacial score (nSPS) is 21.0. The molecule has 0 bridgehead atoms. The molecule has 1 aromatic heterocycles. The number of carbonyl (C=O) groups excluding carboxylic acids is 1. The van der Waals surface area contributed by atoms with Crippen molar-refractivity contribution in [1.29, 1.82) is 0 Å². The Morgan fingerprint density at radius 1 is 1.24 bits per heavy atom. The van der Waals surface area contributed by atoms with Crippen molar-refractivity contribution < 1.29 is 9.53 Å². The van der Waals surface area contributed by atoms with Crippen molar-refractivity contribution in [3.8, 4) is 5.69 Å². The molecule has 2 fully saturated rings. The van der Waals surface area contributed by atoms with E-state index in [1.54, 1.807) is 6.20 Å². The van der Waals surface area contributed by atoms with Gasteiger partial charge in [-0.05, 0) is 42.9 Å². The molecule has 2 N–H and O–H groups in total. The van der Waals surface area contributed by atoms with Gasteiger partial charge in [-0.3, -0.25) is 0 Å². The zero-order valence-corrected chi connectivity index (χ0v) is 14.3. The molecule has 132 valence electrons. The number of benzene rings is 1. The van der Waals surface area contributed by atoms with Gasteiger partial charge in [-0.2, -0.15) is 5.10 Å². The molecule has 6 heteroatoms. The molecule has 25 heavy (non-hydrogen) atoms. The first-order chi connectivity index (χ1) is 12.3. The van der Waals surface area contributed by atoms with Gasteiger partial charge >= 0.3 is 6.03 Å². The SMILES string of the molecule is O=C(NCCc1ccnn1-c1ccccc1)NC1CC12CCOCC2. The Morgan fingerprint density at radius 2 is 2.04 bits per heavy atom. The Labute approximate surface area is 147 Å². The van der Waals surface area contributed by atoms with E-state index in [1.165, 1.54) is 0 Å². The number of aromatic nitrogens is 2. The summed E-state index contributed by atoms with van der Waals surface area (Å²) in [7, 11) is 0. The van der Waals surface area contributed by atoms with E-state index in [-0.39, 0.29) is 6.03 Å². The molecule has 1 aromatic carbocycles. The highest BCUT2D eigenvalue weighted by Crippen LogP contribution is 2.53. The first kappa shape index (κ1) is 16.1. The maximum absolute atomic E-state index is 12.1.